The first kappa shape index (κ1) is 20.1. The summed E-state index contributed by atoms with van der Waals surface area (Å²) in [6, 6.07) is 15.2. The van der Waals surface area contributed by atoms with Gasteiger partial charge >= 0.3 is 0 Å². The number of benzene rings is 2. The minimum atomic E-state index is -0.191. The summed E-state index contributed by atoms with van der Waals surface area (Å²) in [5.74, 6) is 0.552. The van der Waals surface area contributed by atoms with Crippen molar-refractivity contribution in [1.29, 1.82) is 0 Å². The molecule has 3 aromatic rings. The zero-order valence-electron chi connectivity index (χ0n) is 16.5. The van der Waals surface area contributed by atoms with E-state index in [4.69, 9.17) is 4.74 Å². The van der Waals surface area contributed by atoms with E-state index < -0.39 is 0 Å². The fraction of sp³-hybridized carbons (Fsp3) is 0.261. The van der Waals surface area contributed by atoms with Gasteiger partial charge in [0.1, 0.15) is 12.4 Å². The summed E-state index contributed by atoms with van der Waals surface area (Å²) in [6.45, 7) is 2.16. The van der Waals surface area contributed by atoms with Crippen molar-refractivity contribution in [2.75, 3.05) is 6.54 Å². The summed E-state index contributed by atoms with van der Waals surface area (Å²) in [7, 11) is 0. The molecule has 0 atom stereocenters. The standard InChI is InChI=1S/C23H23N3O3S/c27-22-9-4-10-26(22)13-18-6-3-5-17(11-18)12-24-23(28)20-7-1-2-8-21(20)29-14-19-15-30-16-25-19/h1-3,5-8,11,15-16H,4,9-10,12-14H2,(H,24,28). The average molecular weight is 422 g/mol. The Bertz CT molecular complexity index is 1020. The predicted molar refractivity (Wildman–Crippen MR) is 115 cm³/mol. The lowest BCUT2D eigenvalue weighted by atomic mass is 10.1. The minimum Gasteiger partial charge on any atom is -0.486 e. The fourth-order valence-electron chi connectivity index (χ4n) is 3.45. The Hall–Kier alpha value is -3.19. The lowest BCUT2D eigenvalue weighted by Gasteiger charge is -2.16. The first-order chi connectivity index (χ1) is 14.7. The van der Waals surface area contributed by atoms with Crippen LogP contribution in [0.25, 0.3) is 0 Å². The van der Waals surface area contributed by atoms with Gasteiger partial charge in [-0.1, -0.05) is 36.4 Å². The average Bonchev–Trinajstić information content (AvgIpc) is 3.43. The molecule has 1 fully saturated rings. The molecule has 4 rings (SSSR count). The number of para-hydroxylation sites is 1. The van der Waals surface area contributed by atoms with E-state index in [9.17, 15) is 9.59 Å². The zero-order chi connectivity index (χ0) is 20.8. The van der Waals surface area contributed by atoms with Crippen LogP contribution < -0.4 is 10.1 Å². The Labute approximate surface area is 179 Å². The highest BCUT2D eigenvalue weighted by Crippen LogP contribution is 2.20. The van der Waals surface area contributed by atoms with Crippen LogP contribution in [0.15, 0.2) is 59.4 Å². The molecule has 2 aromatic carbocycles. The maximum absolute atomic E-state index is 12.7. The number of hydrogen-bond acceptors (Lipinski definition) is 5. The van der Waals surface area contributed by atoms with Gasteiger partial charge in [0.25, 0.3) is 5.91 Å². The van der Waals surface area contributed by atoms with Crippen LogP contribution in [-0.2, 0) is 24.5 Å². The SMILES string of the molecule is O=C(NCc1cccc(CN2CCCC2=O)c1)c1ccccc1OCc1cscn1. The van der Waals surface area contributed by atoms with Gasteiger partial charge in [0.15, 0.2) is 0 Å². The molecule has 2 heterocycles. The number of aromatic nitrogens is 1. The van der Waals surface area contributed by atoms with E-state index in [0.29, 0.717) is 37.4 Å². The third-order valence-electron chi connectivity index (χ3n) is 4.98. The number of rotatable bonds is 8. The van der Waals surface area contributed by atoms with Crippen LogP contribution in [-0.4, -0.2) is 28.2 Å². The predicted octanol–water partition coefficient (Wildman–Crippen LogP) is 3.77. The molecule has 0 bridgehead atoms. The van der Waals surface area contributed by atoms with E-state index in [1.165, 1.54) is 11.3 Å². The second-order valence-electron chi connectivity index (χ2n) is 7.19. The Kier molecular flexibility index (Phi) is 6.39. The van der Waals surface area contributed by atoms with Gasteiger partial charge in [-0.2, -0.15) is 0 Å². The molecule has 0 saturated carbocycles. The molecular weight excluding hydrogens is 398 g/mol. The van der Waals surface area contributed by atoms with Crippen LogP contribution in [0.1, 0.15) is 40.0 Å². The molecule has 0 spiro atoms. The number of ether oxygens (including phenoxy) is 1. The highest BCUT2D eigenvalue weighted by Gasteiger charge is 2.20. The second kappa shape index (κ2) is 9.54. The van der Waals surface area contributed by atoms with E-state index in [1.54, 1.807) is 17.6 Å². The molecule has 1 saturated heterocycles. The summed E-state index contributed by atoms with van der Waals surface area (Å²) < 4.78 is 5.80. The summed E-state index contributed by atoms with van der Waals surface area (Å²) >= 11 is 1.51. The Morgan fingerprint density at radius 3 is 2.83 bits per heavy atom. The molecule has 30 heavy (non-hydrogen) atoms. The first-order valence-corrected chi connectivity index (χ1v) is 10.9. The first-order valence-electron chi connectivity index (χ1n) is 9.92. The van der Waals surface area contributed by atoms with Gasteiger partial charge in [-0.25, -0.2) is 4.98 Å². The number of carbonyl (C=O) groups excluding carboxylic acids is 2. The van der Waals surface area contributed by atoms with Gasteiger partial charge in [0.2, 0.25) is 5.91 Å². The monoisotopic (exact) mass is 421 g/mol. The maximum atomic E-state index is 12.7. The van der Waals surface area contributed by atoms with Crippen LogP contribution in [0.2, 0.25) is 0 Å². The van der Waals surface area contributed by atoms with Gasteiger partial charge in [-0.3, -0.25) is 9.59 Å². The summed E-state index contributed by atoms with van der Waals surface area (Å²) in [4.78, 5) is 30.7. The fourth-order valence-corrected chi connectivity index (χ4v) is 3.99. The molecular formula is C23H23N3O3S. The van der Waals surface area contributed by atoms with Crippen LogP contribution >= 0.6 is 11.3 Å². The maximum Gasteiger partial charge on any atom is 0.255 e. The van der Waals surface area contributed by atoms with Gasteiger partial charge in [-0.15, -0.1) is 11.3 Å². The van der Waals surface area contributed by atoms with Crippen LogP contribution in [0, 0.1) is 0 Å². The van der Waals surface area contributed by atoms with Crippen LogP contribution in [0.5, 0.6) is 5.75 Å². The van der Waals surface area contributed by atoms with Gasteiger partial charge in [0.05, 0.1) is 16.8 Å². The second-order valence-corrected chi connectivity index (χ2v) is 7.90. The Balaban J connectivity index is 1.37. The normalized spacial score (nSPS) is 13.5. The van der Waals surface area contributed by atoms with Crippen molar-refractivity contribution in [3.8, 4) is 5.75 Å². The molecule has 1 N–H and O–H groups in total. The van der Waals surface area contributed by atoms with Crippen LogP contribution in [0.4, 0.5) is 0 Å². The molecule has 1 aliphatic heterocycles. The van der Waals surface area contributed by atoms with Gasteiger partial charge in [0, 0.05) is 31.4 Å². The number of amides is 2. The highest BCUT2D eigenvalue weighted by atomic mass is 32.1. The van der Waals surface area contributed by atoms with E-state index in [0.717, 1.165) is 29.8 Å². The van der Waals surface area contributed by atoms with E-state index in [-0.39, 0.29) is 11.8 Å². The quantitative estimate of drug-likeness (QED) is 0.601. The molecule has 0 unspecified atom stereocenters. The molecule has 1 aliphatic rings. The lowest BCUT2D eigenvalue weighted by Crippen LogP contribution is -2.25. The Morgan fingerprint density at radius 2 is 2.03 bits per heavy atom. The molecule has 2 amide bonds. The third-order valence-corrected chi connectivity index (χ3v) is 5.62. The molecule has 6 nitrogen and oxygen atoms in total. The van der Waals surface area contributed by atoms with E-state index in [2.05, 4.69) is 10.3 Å². The van der Waals surface area contributed by atoms with Crippen molar-refractivity contribution in [3.05, 3.63) is 81.8 Å². The van der Waals surface area contributed by atoms with Crippen molar-refractivity contribution in [1.82, 2.24) is 15.2 Å². The van der Waals surface area contributed by atoms with Crippen molar-refractivity contribution in [2.45, 2.75) is 32.5 Å². The van der Waals surface area contributed by atoms with Crippen molar-refractivity contribution < 1.29 is 14.3 Å². The zero-order valence-corrected chi connectivity index (χ0v) is 17.4. The lowest BCUT2D eigenvalue weighted by molar-refractivity contribution is -0.128. The molecule has 1 aromatic heterocycles. The van der Waals surface area contributed by atoms with Gasteiger partial charge < -0.3 is 15.0 Å². The number of nitrogens with one attached hydrogen (secondary N) is 1. The van der Waals surface area contributed by atoms with Gasteiger partial charge in [-0.05, 0) is 29.7 Å². The number of thiazole rings is 1. The Morgan fingerprint density at radius 1 is 1.17 bits per heavy atom. The summed E-state index contributed by atoms with van der Waals surface area (Å²) in [6.07, 6.45) is 1.57. The number of likely N-dealkylation sites (tertiary alicyclic amines) is 1. The highest BCUT2D eigenvalue weighted by molar-refractivity contribution is 7.07. The number of nitrogens with zero attached hydrogens (tertiary/aromatic N) is 2. The summed E-state index contributed by atoms with van der Waals surface area (Å²) in [5, 5.41) is 4.89. The number of hydrogen-bond donors (Lipinski definition) is 1. The number of carbonyl (C=O) groups is 2. The largest absolute Gasteiger partial charge is 0.486 e. The van der Waals surface area contributed by atoms with Crippen LogP contribution in [0.3, 0.4) is 0 Å². The van der Waals surface area contributed by atoms with E-state index >= 15 is 0 Å². The molecule has 154 valence electrons. The summed E-state index contributed by atoms with van der Waals surface area (Å²) in [5.41, 5.74) is 5.15. The molecule has 7 heteroatoms. The third kappa shape index (κ3) is 5.04. The van der Waals surface area contributed by atoms with E-state index in [1.807, 2.05) is 46.7 Å². The smallest absolute Gasteiger partial charge is 0.255 e. The molecule has 0 radical (unpaired) electrons. The minimum absolute atomic E-state index is 0.191. The van der Waals surface area contributed by atoms with Crippen molar-refractivity contribution in [3.63, 3.8) is 0 Å². The topological polar surface area (TPSA) is 71.5 Å². The molecule has 0 aliphatic carbocycles. The van der Waals surface area contributed by atoms with Crippen molar-refractivity contribution in [2.24, 2.45) is 0 Å². The van der Waals surface area contributed by atoms with Crippen molar-refractivity contribution >= 4 is 23.2 Å².